The summed E-state index contributed by atoms with van der Waals surface area (Å²) < 4.78 is 5.55. The van der Waals surface area contributed by atoms with E-state index in [1.165, 1.54) is 4.90 Å². The molecule has 2 aliphatic rings. The van der Waals surface area contributed by atoms with E-state index in [4.69, 9.17) is 4.74 Å². The number of benzene rings is 2. The van der Waals surface area contributed by atoms with E-state index in [0.29, 0.717) is 19.4 Å². The van der Waals surface area contributed by atoms with Crippen LogP contribution in [0.1, 0.15) is 49.7 Å². The number of nitrogens with zero attached hydrogens (tertiary/aromatic N) is 1. The zero-order chi connectivity index (χ0) is 22.7. The van der Waals surface area contributed by atoms with Crippen molar-refractivity contribution < 1.29 is 24.2 Å². The Morgan fingerprint density at radius 2 is 1.69 bits per heavy atom. The minimum absolute atomic E-state index is 0.0672. The average Bonchev–Trinajstić information content (AvgIpc) is 3.14. The number of hydrogen-bond donors (Lipinski definition) is 2. The van der Waals surface area contributed by atoms with Gasteiger partial charge < -0.3 is 20.1 Å². The molecule has 0 saturated carbocycles. The number of amides is 2. The topological polar surface area (TPSA) is 95.9 Å². The van der Waals surface area contributed by atoms with E-state index >= 15 is 0 Å². The Labute approximate surface area is 187 Å². The van der Waals surface area contributed by atoms with E-state index in [0.717, 1.165) is 35.1 Å². The highest BCUT2D eigenvalue weighted by Gasteiger charge is 2.36. The number of rotatable bonds is 6. The summed E-state index contributed by atoms with van der Waals surface area (Å²) >= 11 is 0. The van der Waals surface area contributed by atoms with Gasteiger partial charge in [0.25, 0.3) is 0 Å². The van der Waals surface area contributed by atoms with Gasteiger partial charge >= 0.3 is 12.1 Å². The SMILES string of the molecule is CCC(NC(=O)OCC1c2ccccc2-c2ccccc21)C(=O)N1CCCC[C@@H]1C(=O)O. The molecule has 2 atom stereocenters. The van der Waals surface area contributed by atoms with Crippen LogP contribution in [-0.2, 0) is 14.3 Å². The minimum Gasteiger partial charge on any atom is -0.480 e. The van der Waals surface area contributed by atoms with Gasteiger partial charge in [-0.1, -0.05) is 55.5 Å². The summed E-state index contributed by atoms with van der Waals surface area (Å²) in [6.07, 6.45) is 1.65. The van der Waals surface area contributed by atoms with Gasteiger partial charge in [0.2, 0.25) is 5.91 Å². The Kier molecular flexibility index (Phi) is 6.44. The Morgan fingerprint density at radius 3 is 2.28 bits per heavy atom. The van der Waals surface area contributed by atoms with Crippen molar-refractivity contribution >= 4 is 18.0 Å². The number of carbonyl (C=O) groups excluding carboxylic acids is 2. The molecule has 0 aromatic heterocycles. The van der Waals surface area contributed by atoms with Gasteiger partial charge in [-0.05, 0) is 47.9 Å². The number of fused-ring (bicyclic) bond motifs is 3. The molecule has 1 unspecified atom stereocenters. The van der Waals surface area contributed by atoms with Gasteiger partial charge in [0, 0.05) is 12.5 Å². The van der Waals surface area contributed by atoms with Crippen molar-refractivity contribution in [3.8, 4) is 11.1 Å². The first-order valence-corrected chi connectivity index (χ1v) is 11.2. The molecular weight excluding hydrogens is 408 g/mol. The standard InChI is InChI=1S/C25H28N2O5/c1-2-21(23(28)27-14-8-7-13-22(27)24(29)30)26-25(31)32-15-20-18-11-5-3-9-16(18)17-10-4-6-12-19(17)20/h3-6,9-12,20-22H,2,7-8,13-15H2,1H3,(H,26,31)(H,29,30)/t21?,22-/m1/s1. The summed E-state index contributed by atoms with van der Waals surface area (Å²) in [5.41, 5.74) is 4.51. The second-order valence-corrected chi connectivity index (χ2v) is 8.31. The van der Waals surface area contributed by atoms with Crippen LogP contribution < -0.4 is 5.32 Å². The summed E-state index contributed by atoms with van der Waals surface area (Å²) in [6, 6.07) is 14.5. The smallest absolute Gasteiger partial charge is 0.407 e. The molecule has 2 amide bonds. The Bertz CT molecular complexity index is 975. The predicted octanol–water partition coefficient (Wildman–Crippen LogP) is 3.77. The van der Waals surface area contributed by atoms with Crippen molar-refractivity contribution in [3.63, 3.8) is 0 Å². The molecule has 2 aromatic rings. The van der Waals surface area contributed by atoms with Crippen molar-refractivity contribution in [2.45, 2.75) is 50.6 Å². The molecule has 0 spiro atoms. The summed E-state index contributed by atoms with van der Waals surface area (Å²) in [4.78, 5) is 38.5. The van der Waals surface area contributed by atoms with Gasteiger partial charge in [-0.25, -0.2) is 9.59 Å². The van der Waals surface area contributed by atoms with Crippen molar-refractivity contribution in [2.75, 3.05) is 13.2 Å². The monoisotopic (exact) mass is 436 g/mol. The molecule has 1 saturated heterocycles. The zero-order valence-corrected chi connectivity index (χ0v) is 18.1. The quantitative estimate of drug-likeness (QED) is 0.719. The third-order valence-corrected chi connectivity index (χ3v) is 6.41. The number of likely N-dealkylation sites (tertiary alicyclic amines) is 1. The van der Waals surface area contributed by atoms with E-state index < -0.39 is 24.1 Å². The number of aliphatic carboxylic acids is 1. The highest BCUT2D eigenvalue weighted by Crippen LogP contribution is 2.44. The van der Waals surface area contributed by atoms with Crippen LogP contribution in [-0.4, -0.2) is 53.2 Å². The fourth-order valence-corrected chi connectivity index (χ4v) is 4.77. The highest BCUT2D eigenvalue weighted by molar-refractivity contribution is 5.89. The van der Waals surface area contributed by atoms with E-state index in [1.54, 1.807) is 6.92 Å². The van der Waals surface area contributed by atoms with Crippen LogP contribution >= 0.6 is 0 Å². The minimum atomic E-state index is -1.01. The molecule has 2 N–H and O–H groups in total. The zero-order valence-electron chi connectivity index (χ0n) is 18.1. The Balaban J connectivity index is 1.41. The first kappa shape index (κ1) is 21.9. The fraction of sp³-hybridized carbons (Fsp3) is 0.400. The van der Waals surface area contributed by atoms with Crippen LogP contribution in [0.4, 0.5) is 4.79 Å². The molecule has 32 heavy (non-hydrogen) atoms. The maximum Gasteiger partial charge on any atom is 0.407 e. The molecule has 7 nitrogen and oxygen atoms in total. The second kappa shape index (κ2) is 9.42. The van der Waals surface area contributed by atoms with Crippen molar-refractivity contribution in [2.24, 2.45) is 0 Å². The molecule has 168 valence electrons. The Morgan fingerprint density at radius 1 is 1.06 bits per heavy atom. The van der Waals surface area contributed by atoms with Gasteiger partial charge in [0.15, 0.2) is 0 Å². The first-order valence-electron chi connectivity index (χ1n) is 11.2. The van der Waals surface area contributed by atoms with Crippen molar-refractivity contribution in [3.05, 3.63) is 59.7 Å². The highest BCUT2D eigenvalue weighted by atomic mass is 16.5. The largest absolute Gasteiger partial charge is 0.480 e. The molecule has 7 heteroatoms. The molecule has 1 aliphatic carbocycles. The number of carboxylic acid groups (broad SMARTS) is 1. The lowest BCUT2D eigenvalue weighted by atomic mass is 9.98. The molecule has 0 bridgehead atoms. The van der Waals surface area contributed by atoms with Crippen LogP contribution in [0, 0.1) is 0 Å². The van der Waals surface area contributed by atoms with E-state index in [1.807, 2.05) is 36.4 Å². The Hall–Kier alpha value is -3.35. The third-order valence-electron chi connectivity index (χ3n) is 6.41. The third kappa shape index (κ3) is 4.20. The molecule has 1 heterocycles. The lowest BCUT2D eigenvalue weighted by molar-refractivity contribution is -0.152. The van der Waals surface area contributed by atoms with Crippen LogP contribution in [0.3, 0.4) is 0 Å². The van der Waals surface area contributed by atoms with Crippen LogP contribution in [0.2, 0.25) is 0 Å². The number of carboxylic acids is 1. The molecule has 2 aromatic carbocycles. The van der Waals surface area contributed by atoms with Crippen LogP contribution in [0.25, 0.3) is 11.1 Å². The van der Waals surface area contributed by atoms with Gasteiger partial charge in [-0.3, -0.25) is 4.79 Å². The number of hydrogen-bond acceptors (Lipinski definition) is 4. The fourth-order valence-electron chi connectivity index (χ4n) is 4.77. The van der Waals surface area contributed by atoms with E-state index in [-0.39, 0.29) is 18.4 Å². The molecular formula is C25H28N2O5. The maximum atomic E-state index is 13.0. The molecule has 1 aliphatic heterocycles. The van der Waals surface area contributed by atoms with Gasteiger partial charge in [-0.2, -0.15) is 0 Å². The van der Waals surface area contributed by atoms with Crippen LogP contribution in [0.5, 0.6) is 0 Å². The second-order valence-electron chi connectivity index (χ2n) is 8.31. The summed E-state index contributed by atoms with van der Waals surface area (Å²) in [6.45, 7) is 2.33. The molecule has 0 radical (unpaired) electrons. The van der Waals surface area contributed by atoms with E-state index in [2.05, 4.69) is 17.4 Å². The number of ether oxygens (including phenoxy) is 1. The lowest BCUT2D eigenvalue weighted by Crippen LogP contribution is -2.55. The van der Waals surface area contributed by atoms with E-state index in [9.17, 15) is 19.5 Å². The normalized spacial score (nSPS) is 18.4. The predicted molar refractivity (Wildman–Crippen MR) is 119 cm³/mol. The molecule has 1 fully saturated rings. The maximum absolute atomic E-state index is 13.0. The number of carbonyl (C=O) groups is 3. The summed E-state index contributed by atoms with van der Waals surface area (Å²) in [7, 11) is 0. The molecule has 4 rings (SSSR count). The van der Waals surface area contributed by atoms with Crippen LogP contribution in [0.15, 0.2) is 48.5 Å². The lowest BCUT2D eigenvalue weighted by Gasteiger charge is -2.35. The van der Waals surface area contributed by atoms with Crippen molar-refractivity contribution in [1.82, 2.24) is 10.2 Å². The summed E-state index contributed by atoms with van der Waals surface area (Å²) in [5, 5.41) is 12.1. The number of alkyl carbamates (subject to hydrolysis) is 1. The first-order chi connectivity index (χ1) is 15.5. The number of nitrogens with one attached hydrogen (secondary N) is 1. The average molecular weight is 437 g/mol. The van der Waals surface area contributed by atoms with Gasteiger partial charge in [-0.15, -0.1) is 0 Å². The number of piperidine rings is 1. The van der Waals surface area contributed by atoms with Crippen molar-refractivity contribution in [1.29, 1.82) is 0 Å². The summed E-state index contributed by atoms with van der Waals surface area (Å²) in [5.74, 6) is -1.44. The van der Waals surface area contributed by atoms with Gasteiger partial charge in [0.1, 0.15) is 18.7 Å². The van der Waals surface area contributed by atoms with Gasteiger partial charge in [0.05, 0.1) is 0 Å².